The Bertz CT molecular complexity index is 229. The highest BCUT2D eigenvalue weighted by Crippen LogP contribution is 2.41. The van der Waals surface area contributed by atoms with Crippen LogP contribution in [0.3, 0.4) is 0 Å². The largest absolute Gasteiger partial charge is 0.316 e. The monoisotopic (exact) mass is 195 g/mol. The third-order valence-electron chi connectivity index (χ3n) is 3.76. The van der Waals surface area contributed by atoms with Gasteiger partial charge in [-0.3, -0.25) is 4.79 Å². The van der Waals surface area contributed by atoms with Crippen molar-refractivity contribution < 1.29 is 4.79 Å². The maximum atomic E-state index is 12.1. The number of carbonyl (C=O) groups excluding carboxylic acids is 1. The second-order valence-electron chi connectivity index (χ2n) is 5.96. The summed E-state index contributed by atoms with van der Waals surface area (Å²) >= 11 is 0. The lowest BCUT2D eigenvalue weighted by molar-refractivity contribution is -0.130. The van der Waals surface area contributed by atoms with Crippen molar-refractivity contribution in [3.05, 3.63) is 0 Å². The summed E-state index contributed by atoms with van der Waals surface area (Å²) in [4.78, 5) is 12.1. The minimum Gasteiger partial charge on any atom is -0.316 e. The molecule has 0 bridgehead atoms. The summed E-state index contributed by atoms with van der Waals surface area (Å²) in [6.45, 7) is 8.40. The van der Waals surface area contributed by atoms with Gasteiger partial charge in [0.25, 0.3) is 0 Å². The molecule has 2 atom stereocenters. The van der Waals surface area contributed by atoms with Gasteiger partial charge in [-0.15, -0.1) is 0 Å². The van der Waals surface area contributed by atoms with Crippen molar-refractivity contribution in [1.29, 1.82) is 0 Å². The summed E-state index contributed by atoms with van der Waals surface area (Å²) in [5.74, 6) is 2.40. The molecule has 1 aliphatic carbocycles. The summed E-state index contributed by atoms with van der Waals surface area (Å²) in [6, 6.07) is 0. The van der Waals surface area contributed by atoms with Gasteiger partial charge < -0.3 is 5.32 Å². The van der Waals surface area contributed by atoms with Gasteiger partial charge in [-0.05, 0) is 37.8 Å². The Hall–Kier alpha value is -0.370. The fourth-order valence-electron chi connectivity index (χ4n) is 2.99. The van der Waals surface area contributed by atoms with Gasteiger partial charge >= 0.3 is 0 Å². The molecule has 1 heterocycles. The lowest BCUT2D eigenvalue weighted by Crippen LogP contribution is -2.28. The highest BCUT2D eigenvalue weighted by atomic mass is 16.1. The fraction of sp³-hybridized carbons (Fsp3) is 0.917. The van der Waals surface area contributed by atoms with Crippen molar-refractivity contribution in [3.8, 4) is 0 Å². The third-order valence-corrected chi connectivity index (χ3v) is 3.76. The van der Waals surface area contributed by atoms with Crippen LogP contribution in [0.4, 0.5) is 0 Å². The molecule has 0 spiro atoms. The molecule has 0 aromatic rings. The molecule has 0 amide bonds. The van der Waals surface area contributed by atoms with Crippen molar-refractivity contribution >= 4 is 5.78 Å². The molecule has 1 aliphatic heterocycles. The van der Waals surface area contributed by atoms with E-state index in [-0.39, 0.29) is 5.41 Å². The van der Waals surface area contributed by atoms with Gasteiger partial charge in [0.15, 0.2) is 0 Å². The molecule has 2 aliphatic rings. The van der Waals surface area contributed by atoms with Gasteiger partial charge in [0, 0.05) is 11.3 Å². The van der Waals surface area contributed by atoms with E-state index in [2.05, 4.69) is 5.32 Å². The quantitative estimate of drug-likeness (QED) is 0.692. The Balaban J connectivity index is 1.99. The summed E-state index contributed by atoms with van der Waals surface area (Å²) in [5, 5.41) is 3.41. The smallest absolute Gasteiger partial charge is 0.141 e. The molecule has 2 heteroatoms. The van der Waals surface area contributed by atoms with Crippen molar-refractivity contribution in [3.63, 3.8) is 0 Å². The topological polar surface area (TPSA) is 29.1 Å². The van der Waals surface area contributed by atoms with Crippen molar-refractivity contribution in [2.75, 3.05) is 13.1 Å². The molecule has 0 aromatic carbocycles. The van der Waals surface area contributed by atoms with E-state index in [1.54, 1.807) is 0 Å². The van der Waals surface area contributed by atoms with Crippen LogP contribution in [0.1, 0.15) is 33.6 Å². The summed E-state index contributed by atoms with van der Waals surface area (Å²) in [7, 11) is 0. The van der Waals surface area contributed by atoms with Crippen LogP contribution in [0, 0.1) is 23.2 Å². The molecule has 14 heavy (non-hydrogen) atoms. The number of Topliss-reactive ketones (excluding diaryl/α,β-unsaturated/α-hetero) is 1. The average molecular weight is 195 g/mol. The minimum absolute atomic E-state index is 0.142. The number of hydrogen-bond donors (Lipinski definition) is 1. The first-order chi connectivity index (χ1) is 6.48. The Morgan fingerprint density at radius 2 is 1.64 bits per heavy atom. The van der Waals surface area contributed by atoms with E-state index in [4.69, 9.17) is 0 Å². The Kier molecular flexibility index (Phi) is 2.42. The van der Waals surface area contributed by atoms with Crippen LogP contribution in [0.2, 0.25) is 0 Å². The number of rotatable bonds is 1. The van der Waals surface area contributed by atoms with Crippen LogP contribution >= 0.6 is 0 Å². The Morgan fingerprint density at radius 1 is 1.14 bits per heavy atom. The van der Waals surface area contributed by atoms with Crippen LogP contribution in [-0.4, -0.2) is 18.9 Å². The Morgan fingerprint density at radius 3 is 2.07 bits per heavy atom. The first-order valence-electron chi connectivity index (χ1n) is 5.73. The van der Waals surface area contributed by atoms with Crippen LogP contribution in [0.15, 0.2) is 0 Å². The second-order valence-corrected chi connectivity index (χ2v) is 5.96. The van der Waals surface area contributed by atoms with Gasteiger partial charge in [-0.1, -0.05) is 20.8 Å². The first kappa shape index (κ1) is 10.2. The molecule has 0 aromatic heterocycles. The maximum absolute atomic E-state index is 12.1. The normalized spacial score (nSPS) is 37.2. The number of nitrogens with one attached hydrogen (secondary N) is 1. The van der Waals surface area contributed by atoms with E-state index >= 15 is 0 Å². The van der Waals surface area contributed by atoms with E-state index in [9.17, 15) is 4.79 Å². The predicted molar refractivity (Wildman–Crippen MR) is 57.0 cm³/mol. The highest BCUT2D eigenvalue weighted by Gasteiger charge is 2.42. The van der Waals surface area contributed by atoms with E-state index in [1.165, 1.54) is 0 Å². The SMILES string of the molecule is CC(C)(C)C(=O)C1CC2CNCC2C1. The molecule has 1 N–H and O–H groups in total. The number of hydrogen-bond acceptors (Lipinski definition) is 2. The molecule has 2 rings (SSSR count). The maximum Gasteiger partial charge on any atom is 0.141 e. The van der Waals surface area contributed by atoms with Crippen LogP contribution in [-0.2, 0) is 4.79 Å². The molecule has 1 saturated heterocycles. The number of fused-ring (bicyclic) bond motifs is 1. The van der Waals surface area contributed by atoms with Gasteiger partial charge in [0.1, 0.15) is 5.78 Å². The van der Waals surface area contributed by atoms with E-state index < -0.39 is 0 Å². The molecular formula is C12H21NO. The average Bonchev–Trinajstić information content (AvgIpc) is 2.58. The molecule has 0 radical (unpaired) electrons. The molecule has 2 fully saturated rings. The number of carbonyl (C=O) groups is 1. The van der Waals surface area contributed by atoms with Gasteiger partial charge in [-0.25, -0.2) is 0 Å². The Labute approximate surface area is 86.5 Å². The minimum atomic E-state index is -0.142. The van der Waals surface area contributed by atoms with Gasteiger partial charge in [0.2, 0.25) is 0 Å². The lowest BCUT2D eigenvalue weighted by Gasteiger charge is -2.21. The van der Waals surface area contributed by atoms with Crippen LogP contribution in [0.5, 0.6) is 0 Å². The predicted octanol–water partition coefficient (Wildman–Crippen LogP) is 1.85. The zero-order chi connectivity index (χ0) is 10.3. The molecular weight excluding hydrogens is 174 g/mol. The summed E-state index contributed by atoms with van der Waals surface area (Å²) < 4.78 is 0. The third kappa shape index (κ3) is 1.72. The first-order valence-corrected chi connectivity index (χ1v) is 5.73. The standard InChI is InChI=1S/C12H21NO/c1-12(2,3)11(14)8-4-9-6-13-7-10(9)5-8/h8-10,13H,4-7H2,1-3H3. The molecule has 2 unspecified atom stereocenters. The van der Waals surface area contributed by atoms with Crippen molar-refractivity contribution in [1.82, 2.24) is 5.32 Å². The highest BCUT2D eigenvalue weighted by molar-refractivity contribution is 5.86. The van der Waals surface area contributed by atoms with E-state index in [0.29, 0.717) is 11.7 Å². The lowest BCUT2D eigenvalue weighted by atomic mass is 9.82. The fourth-order valence-corrected chi connectivity index (χ4v) is 2.99. The van der Waals surface area contributed by atoms with Gasteiger partial charge in [0.05, 0.1) is 0 Å². The zero-order valence-electron chi connectivity index (χ0n) is 9.47. The molecule has 80 valence electrons. The number of ketones is 1. The zero-order valence-corrected chi connectivity index (χ0v) is 9.47. The van der Waals surface area contributed by atoms with E-state index in [1.807, 2.05) is 20.8 Å². The van der Waals surface area contributed by atoms with Crippen LogP contribution in [0.25, 0.3) is 0 Å². The van der Waals surface area contributed by atoms with Gasteiger partial charge in [-0.2, -0.15) is 0 Å². The second kappa shape index (κ2) is 3.34. The summed E-state index contributed by atoms with van der Waals surface area (Å²) in [6.07, 6.45) is 2.27. The summed E-state index contributed by atoms with van der Waals surface area (Å²) in [5.41, 5.74) is -0.142. The molecule has 2 nitrogen and oxygen atoms in total. The van der Waals surface area contributed by atoms with E-state index in [0.717, 1.165) is 37.8 Å². The van der Waals surface area contributed by atoms with Crippen LogP contribution < -0.4 is 5.32 Å². The molecule has 1 saturated carbocycles. The van der Waals surface area contributed by atoms with Crippen molar-refractivity contribution in [2.24, 2.45) is 23.2 Å². The van der Waals surface area contributed by atoms with Crippen molar-refractivity contribution in [2.45, 2.75) is 33.6 Å².